The molecule has 0 spiro atoms. The molecule has 4 heterocycles. The van der Waals surface area contributed by atoms with E-state index in [1.54, 1.807) is 30.8 Å². The molecular weight excluding hydrogens is 901 g/mol. The van der Waals surface area contributed by atoms with Gasteiger partial charge in [0.2, 0.25) is 17.7 Å². The van der Waals surface area contributed by atoms with E-state index in [1.807, 2.05) is 74.3 Å². The van der Waals surface area contributed by atoms with Crippen molar-refractivity contribution < 1.29 is 43.6 Å². The number of hydrogen-bond acceptors (Lipinski definition) is 14. The lowest BCUT2D eigenvalue weighted by Crippen LogP contribution is -2.58. The zero-order valence-electron chi connectivity index (χ0n) is 40.3. The predicted octanol–water partition coefficient (Wildman–Crippen LogP) is 5.62. The van der Waals surface area contributed by atoms with Gasteiger partial charge in [-0.15, -0.1) is 11.3 Å². The van der Waals surface area contributed by atoms with Gasteiger partial charge in [-0.25, -0.2) is 4.98 Å². The minimum atomic E-state index is -0.961. The van der Waals surface area contributed by atoms with Crippen LogP contribution in [0.15, 0.2) is 78.7 Å². The summed E-state index contributed by atoms with van der Waals surface area (Å²) in [6, 6.07) is 16.4. The van der Waals surface area contributed by atoms with E-state index in [-0.39, 0.29) is 51.3 Å². The van der Waals surface area contributed by atoms with Gasteiger partial charge in [-0.2, -0.15) is 10.2 Å². The highest BCUT2D eigenvalue weighted by molar-refractivity contribution is 7.13. The number of aromatic nitrogens is 4. The minimum Gasteiger partial charge on any atom is -0.391 e. The SMILES string of the molecule is Cc1ncsc1-c1ccc(CNC(=O)[C@@H]2C[C@@H](O)CN2C(=O)[C@@H](NC(=O)COCCOCCOCCOCCCn2cc(-c3ccc4c(c3)CCC4N(C)O)c(-c3ccncc3)n2)C(C)(C)C)cc1. The number of fused-ring (bicyclic) bond motifs is 1. The van der Waals surface area contributed by atoms with Crippen molar-refractivity contribution >= 4 is 29.1 Å². The first-order valence-electron chi connectivity index (χ1n) is 23.7. The van der Waals surface area contributed by atoms with Crippen LogP contribution in [0.1, 0.15) is 68.5 Å². The molecule has 3 amide bonds. The largest absolute Gasteiger partial charge is 0.391 e. The summed E-state index contributed by atoms with van der Waals surface area (Å²) in [5.74, 6) is -1.29. The van der Waals surface area contributed by atoms with Crippen LogP contribution in [0.2, 0.25) is 0 Å². The third-order valence-corrected chi connectivity index (χ3v) is 13.4. The van der Waals surface area contributed by atoms with Crippen LogP contribution in [-0.4, -0.2) is 142 Å². The number of hydrogen-bond donors (Lipinski definition) is 4. The molecule has 2 aromatic carbocycles. The monoisotopic (exact) mass is 966 g/mol. The number of β-amino-alcohol motifs (C(OH)–C–C–N with tert-alkyl or cyclic N) is 1. The molecule has 18 heteroatoms. The number of carbonyl (C=O) groups excluding carboxylic acids is 3. The summed E-state index contributed by atoms with van der Waals surface area (Å²) < 4.78 is 24.6. The van der Waals surface area contributed by atoms with Gasteiger partial charge in [0.25, 0.3) is 0 Å². The van der Waals surface area contributed by atoms with Gasteiger partial charge in [-0.3, -0.25) is 24.0 Å². The maximum atomic E-state index is 13.9. The van der Waals surface area contributed by atoms with Crippen molar-refractivity contribution in [2.45, 2.75) is 90.7 Å². The molecule has 0 bridgehead atoms. The van der Waals surface area contributed by atoms with Gasteiger partial charge in [-0.05, 0) is 71.6 Å². The number of thiazole rings is 1. The fraction of sp³-hybridized carbons (Fsp3) is 0.490. The Hall–Kier alpha value is -5.44. The number of benzene rings is 2. The normalized spacial score (nSPS) is 17.3. The third kappa shape index (κ3) is 13.9. The molecule has 3 aromatic heterocycles. The van der Waals surface area contributed by atoms with E-state index < -0.39 is 35.4 Å². The molecule has 7 rings (SSSR count). The summed E-state index contributed by atoms with van der Waals surface area (Å²) in [5.41, 5.74) is 10.5. The molecule has 370 valence electrons. The number of aliphatic hydroxyl groups excluding tert-OH is 1. The van der Waals surface area contributed by atoms with Crippen molar-refractivity contribution in [2.24, 2.45) is 5.41 Å². The Balaban J connectivity index is 0.752. The lowest BCUT2D eigenvalue weighted by atomic mass is 9.85. The second kappa shape index (κ2) is 24.4. The number of likely N-dealkylation sites (tertiary alicyclic amines) is 1. The minimum absolute atomic E-state index is 0.0136. The number of pyridine rings is 1. The van der Waals surface area contributed by atoms with Gasteiger partial charge in [0.15, 0.2) is 0 Å². The molecule has 1 aliphatic carbocycles. The number of rotatable bonds is 24. The molecule has 2 aliphatic rings. The summed E-state index contributed by atoms with van der Waals surface area (Å²) in [4.78, 5) is 51.3. The quantitative estimate of drug-likeness (QED) is 0.0439. The number of carbonyl (C=O) groups is 3. The number of aryl methyl sites for hydroxylation is 3. The first kappa shape index (κ1) is 51.4. The number of ether oxygens (including phenoxy) is 4. The van der Waals surface area contributed by atoms with Crippen molar-refractivity contribution in [3.63, 3.8) is 0 Å². The first-order chi connectivity index (χ1) is 33.3. The van der Waals surface area contributed by atoms with E-state index in [2.05, 4.69) is 45.0 Å². The Morgan fingerprint density at radius 3 is 2.26 bits per heavy atom. The van der Waals surface area contributed by atoms with E-state index >= 15 is 0 Å². The van der Waals surface area contributed by atoms with Crippen LogP contribution in [0, 0.1) is 12.3 Å². The lowest BCUT2D eigenvalue weighted by molar-refractivity contribution is -0.144. The molecule has 1 aliphatic heterocycles. The number of amides is 3. The van der Waals surface area contributed by atoms with Crippen LogP contribution < -0.4 is 10.6 Å². The molecule has 1 saturated heterocycles. The number of nitrogens with one attached hydrogen (secondary N) is 2. The van der Waals surface area contributed by atoms with E-state index in [1.165, 1.54) is 21.1 Å². The number of aliphatic hydroxyl groups is 1. The molecule has 0 saturated carbocycles. The second-order valence-corrected chi connectivity index (χ2v) is 19.5. The Morgan fingerprint density at radius 1 is 0.913 bits per heavy atom. The zero-order valence-corrected chi connectivity index (χ0v) is 41.1. The van der Waals surface area contributed by atoms with E-state index in [0.29, 0.717) is 39.6 Å². The topological polar surface area (TPSA) is 203 Å². The fourth-order valence-electron chi connectivity index (χ4n) is 8.76. The van der Waals surface area contributed by atoms with Crippen LogP contribution in [0.4, 0.5) is 0 Å². The molecule has 4 atom stereocenters. The smallest absolute Gasteiger partial charge is 0.246 e. The zero-order chi connectivity index (χ0) is 48.9. The lowest BCUT2D eigenvalue weighted by Gasteiger charge is -2.35. The average molecular weight is 967 g/mol. The summed E-state index contributed by atoms with van der Waals surface area (Å²) in [6.45, 7) is 10.7. The molecule has 0 radical (unpaired) electrons. The molecule has 1 unspecified atom stereocenters. The van der Waals surface area contributed by atoms with Crippen molar-refractivity contribution in [2.75, 3.05) is 66.4 Å². The summed E-state index contributed by atoms with van der Waals surface area (Å²) >= 11 is 1.57. The van der Waals surface area contributed by atoms with Crippen LogP contribution in [0.3, 0.4) is 0 Å². The van der Waals surface area contributed by atoms with E-state index in [0.717, 1.165) is 63.3 Å². The Labute approximate surface area is 408 Å². The maximum absolute atomic E-state index is 13.9. The Kier molecular flexibility index (Phi) is 18.2. The molecular formula is C51H66N8O9S. The van der Waals surface area contributed by atoms with Crippen molar-refractivity contribution in [3.05, 3.63) is 101 Å². The average Bonchev–Trinajstić information content (AvgIpc) is 4.16. The van der Waals surface area contributed by atoms with Gasteiger partial charge >= 0.3 is 0 Å². The highest BCUT2D eigenvalue weighted by Gasteiger charge is 2.44. The van der Waals surface area contributed by atoms with Gasteiger partial charge < -0.3 is 44.8 Å². The van der Waals surface area contributed by atoms with Crippen LogP contribution in [0.25, 0.3) is 32.8 Å². The molecule has 69 heavy (non-hydrogen) atoms. The highest BCUT2D eigenvalue weighted by atomic mass is 32.1. The summed E-state index contributed by atoms with van der Waals surface area (Å²) in [6.07, 6.45) is 7.45. The van der Waals surface area contributed by atoms with Crippen LogP contribution >= 0.6 is 11.3 Å². The van der Waals surface area contributed by atoms with Crippen molar-refractivity contribution in [1.29, 1.82) is 0 Å². The fourth-order valence-corrected chi connectivity index (χ4v) is 9.57. The predicted molar refractivity (Wildman–Crippen MR) is 261 cm³/mol. The van der Waals surface area contributed by atoms with Crippen molar-refractivity contribution in [1.82, 2.24) is 40.3 Å². The molecule has 17 nitrogen and oxygen atoms in total. The highest BCUT2D eigenvalue weighted by Crippen LogP contribution is 2.39. The molecule has 5 aromatic rings. The Morgan fingerprint density at radius 2 is 1.59 bits per heavy atom. The second-order valence-electron chi connectivity index (χ2n) is 18.6. The van der Waals surface area contributed by atoms with Crippen LogP contribution in [0.5, 0.6) is 0 Å². The van der Waals surface area contributed by atoms with Crippen LogP contribution in [-0.2, 0) is 52.8 Å². The van der Waals surface area contributed by atoms with Gasteiger partial charge in [0.1, 0.15) is 24.4 Å². The van der Waals surface area contributed by atoms with Gasteiger partial charge in [0, 0.05) is 69.4 Å². The van der Waals surface area contributed by atoms with E-state index in [9.17, 15) is 24.7 Å². The van der Waals surface area contributed by atoms with Crippen molar-refractivity contribution in [3.8, 4) is 32.8 Å². The third-order valence-electron chi connectivity index (χ3n) is 12.4. The summed E-state index contributed by atoms with van der Waals surface area (Å²) in [5, 5.41) is 32.6. The van der Waals surface area contributed by atoms with E-state index in [4.69, 9.17) is 24.0 Å². The molecule has 1 fully saturated rings. The molecule has 4 N–H and O–H groups in total. The van der Waals surface area contributed by atoms with Gasteiger partial charge in [0.05, 0.1) is 67.9 Å². The Bertz CT molecular complexity index is 2460. The first-order valence-corrected chi connectivity index (χ1v) is 24.5. The standard InChI is InChI=1S/C51H66N8O9S/c1-34-47(69-33-54-34)37-9-7-35(8-10-37)29-53-49(62)44-28-40(60)30-59(44)50(63)48(51(2,3)4)55-45(61)32-68-26-25-67-24-23-66-22-21-65-20-6-19-58-31-42(46(56-58)36-15-17-52-18-16-36)39-11-13-41-38(27-39)12-14-43(41)57(5)64/h7-11,13,15-18,27,31,33,40,43-44,48,60,64H,6,12,14,19-26,28-30,32H2,1-5H3,(H,53,62)(H,55,61)/t40-,43?,44+,48-/m1/s1. The maximum Gasteiger partial charge on any atom is 0.246 e. The number of nitrogens with zero attached hydrogens (tertiary/aromatic N) is 6. The number of hydroxylamine groups is 2. The summed E-state index contributed by atoms with van der Waals surface area (Å²) in [7, 11) is 1.70. The van der Waals surface area contributed by atoms with Gasteiger partial charge in [-0.1, -0.05) is 63.2 Å².